The normalized spacial score (nSPS) is 12.2. The third-order valence-electron chi connectivity index (χ3n) is 2.99. The molecule has 3 N–H and O–H groups in total. The van der Waals surface area contributed by atoms with Crippen LogP contribution in [0.1, 0.15) is 17.3 Å². The second kappa shape index (κ2) is 5.92. The first-order chi connectivity index (χ1) is 9.90. The molecule has 1 unspecified atom stereocenters. The van der Waals surface area contributed by atoms with E-state index in [2.05, 4.69) is 5.10 Å². The fourth-order valence-electron chi connectivity index (χ4n) is 2.00. The van der Waals surface area contributed by atoms with Gasteiger partial charge in [0.25, 0.3) is 5.91 Å². The highest BCUT2D eigenvalue weighted by Gasteiger charge is 2.20. The first-order valence-electron chi connectivity index (χ1n) is 6.43. The molecular weight excluding hydrogens is 275 g/mol. The molecule has 0 radical (unpaired) electrons. The maximum atomic E-state index is 12.9. The Morgan fingerprint density at radius 3 is 2.67 bits per heavy atom. The van der Waals surface area contributed by atoms with Crippen molar-refractivity contribution in [2.45, 2.75) is 13.0 Å². The maximum absolute atomic E-state index is 12.9. The molecule has 112 valence electrons. The van der Waals surface area contributed by atoms with Crippen LogP contribution in [0.2, 0.25) is 0 Å². The summed E-state index contributed by atoms with van der Waals surface area (Å²) in [6.07, 6.45) is 0.729. The number of nitrogen functional groups attached to an aromatic ring is 1. The number of aliphatic hydroxyl groups is 1. The van der Waals surface area contributed by atoms with E-state index in [-0.39, 0.29) is 29.7 Å². The lowest BCUT2D eigenvalue weighted by Gasteiger charge is -2.18. The number of anilines is 1. The van der Waals surface area contributed by atoms with Gasteiger partial charge in [-0.1, -0.05) is 0 Å². The number of carbonyl (C=O) groups excluding carboxylic acids is 1. The van der Waals surface area contributed by atoms with E-state index in [9.17, 15) is 14.3 Å². The number of likely N-dealkylation sites (N-methyl/N-ethyl adjacent to an activating group) is 1. The predicted molar refractivity (Wildman–Crippen MR) is 76.6 cm³/mol. The van der Waals surface area contributed by atoms with Crippen LogP contribution < -0.4 is 5.73 Å². The molecule has 1 amide bonds. The number of hydrogen-bond donors (Lipinski definition) is 2. The van der Waals surface area contributed by atoms with Gasteiger partial charge in [-0.25, -0.2) is 9.07 Å². The molecule has 2 rings (SSSR count). The standard InChI is InChI=1S/C14H17FN4O2/c1-9(20)8-18(2)14(21)12-7-17-19(13(12)16)11-5-3-10(15)4-6-11/h3-7,9,20H,8,16H2,1-2H3. The Balaban J connectivity index is 2.28. The molecule has 1 heterocycles. The van der Waals surface area contributed by atoms with Crippen molar-refractivity contribution < 1.29 is 14.3 Å². The van der Waals surface area contributed by atoms with Crippen LogP contribution in [0.15, 0.2) is 30.5 Å². The minimum Gasteiger partial charge on any atom is -0.392 e. The van der Waals surface area contributed by atoms with E-state index in [1.165, 1.54) is 40.0 Å². The fraction of sp³-hybridized carbons (Fsp3) is 0.286. The van der Waals surface area contributed by atoms with Crippen molar-refractivity contribution in [2.24, 2.45) is 0 Å². The minimum atomic E-state index is -0.632. The smallest absolute Gasteiger partial charge is 0.259 e. The Labute approximate surface area is 121 Å². The molecule has 0 aliphatic rings. The Morgan fingerprint density at radius 2 is 2.10 bits per heavy atom. The second-order valence-electron chi connectivity index (χ2n) is 4.87. The summed E-state index contributed by atoms with van der Waals surface area (Å²) >= 11 is 0. The quantitative estimate of drug-likeness (QED) is 0.882. The first-order valence-corrected chi connectivity index (χ1v) is 6.43. The van der Waals surface area contributed by atoms with Gasteiger partial charge in [0.05, 0.1) is 18.0 Å². The lowest BCUT2D eigenvalue weighted by Crippen LogP contribution is -2.33. The van der Waals surface area contributed by atoms with E-state index in [1.54, 1.807) is 14.0 Å². The molecule has 0 aliphatic heterocycles. The van der Waals surface area contributed by atoms with Gasteiger partial charge in [0.1, 0.15) is 17.2 Å². The van der Waals surface area contributed by atoms with Gasteiger partial charge in [0, 0.05) is 13.6 Å². The Bertz CT molecular complexity index is 637. The van der Waals surface area contributed by atoms with Gasteiger partial charge in [-0.2, -0.15) is 5.10 Å². The van der Waals surface area contributed by atoms with Gasteiger partial charge < -0.3 is 15.7 Å². The molecule has 0 aliphatic carbocycles. The summed E-state index contributed by atoms with van der Waals surface area (Å²) in [5.74, 6) is -0.525. The molecule has 0 saturated heterocycles. The zero-order valence-corrected chi connectivity index (χ0v) is 11.8. The van der Waals surface area contributed by atoms with Gasteiger partial charge >= 0.3 is 0 Å². The molecule has 0 fully saturated rings. The predicted octanol–water partition coefficient (Wildman–Crippen LogP) is 1.05. The molecule has 21 heavy (non-hydrogen) atoms. The number of halogens is 1. The summed E-state index contributed by atoms with van der Waals surface area (Å²) in [5, 5.41) is 13.4. The molecule has 0 saturated carbocycles. The number of amides is 1. The minimum absolute atomic E-state index is 0.170. The molecule has 1 aromatic heterocycles. The summed E-state index contributed by atoms with van der Waals surface area (Å²) in [6, 6.07) is 5.62. The maximum Gasteiger partial charge on any atom is 0.259 e. The van der Waals surface area contributed by atoms with Crippen LogP contribution in [0.25, 0.3) is 5.69 Å². The number of benzene rings is 1. The lowest BCUT2D eigenvalue weighted by molar-refractivity contribution is 0.0704. The topological polar surface area (TPSA) is 84.4 Å². The number of hydrogen-bond acceptors (Lipinski definition) is 4. The third kappa shape index (κ3) is 3.19. The molecule has 2 aromatic rings. The van der Waals surface area contributed by atoms with E-state index in [0.29, 0.717) is 5.69 Å². The van der Waals surface area contributed by atoms with Crippen molar-refractivity contribution in [3.8, 4) is 5.69 Å². The monoisotopic (exact) mass is 292 g/mol. The number of aromatic nitrogens is 2. The van der Waals surface area contributed by atoms with Crippen LogP contribution in [0.3, 0.4) is 0 Å². The van der Waals surface area contributed by atoms with Crippen molar-refractivity contribution in [3.63, 3.8) is 0 Å². The van der Waals surface area contributed by atoms with E-state index >= 15 is 0 Å². The van der Waals surface area contributed by atoms with Crippen LogP contribution in [-0.4, -0.2) is 45.4 Å². The van der Waals surface area contributed by atoms with Crippen LogP contribution in [0.4, 0.5) is 10.2 Å². The zero-order chi connectivity index (χ0) is 15.6. The summed E-state index contributed by atoms with van der Waals surface area (Å²) in [4.78, 5) is 13.6. The fourth-order valence-corrected chi connectivity index (χ4v) is 2.00. The average molecular weight is 292 g/mol. The number of rotatable bonds is 4. The molecular formula is C14H17FN4O2. The van der Waals surface area contributed by atoms with Gasteiger partial charge in [-0.3, -0.25) is 4.79 Å². The molecule has 7 heteroatoms. The summed E-state index contributed by atoms with van der Waals surface area (Å²) in [7, 11) is 1.57. The van der Waals surface area contributed by atoms with Crippen LogP contribution in [-0.2, 0) is 0 Å². The highest BCUT2D eigenvalue weighted by atomic mass is 19.1. The van der Waals surface area contributed by atoms with Gasteiger partial charge in [0.2, 0.25) is 0 Å². The van der Waals surface area contributed by atoms with Crippen LogP contribution in [0, 0.1) is 5.82 Å². The molecule has 1 atom stereocenters. The summed E-state index contributed by atoms with van der Waals surface area (Å²) < 4.78 is 14.3. The average Bonchev–Trinajstić information content (AvgIpc) is 2.80. The Kier molecular flexibility index (Phi) is 4.23. The number of nitrogens with zero attached hydrogens (tertiary/aromatic N) is 3. The molecule has 6 nitrogen and oxygen atoms in total. The SMILES string of the molecule is CC(O)CN(C)C(=O)c1cnn(-c2ccc(F)cc2)c1N. The van der Waals surface area contributed by atoms with E-state index in [0.717, 1.165) is 0 Å². The number of aliphatic hydroxyl groups excluding tert-OH is 1. The third-order valence-corrected chi connectivity index (χ3v) is 2.99. The van der Waals surface area contributed by atoms with Gasteiger partial charge in [0.15, 0.2) is 0 Å². The van der Waals surface area contributed by atoms with Crippen molar-refractivity contribution in [2.75, 3.05) is 19.3 Å². The van der Waals surface area contributed by atoms with Crippen LogP contribution in [0.5, 0.6) is 0 Å². The van der Waals surface area contributed by atoms with Crippen LogP contribution >= 0.6 is 0 Å². The van der Waals surface area contributed by atoms with Gasteiger partial charge in [-0.05, 0) is 31.2 Å². The largest absolute Gasteiger partial charge is 0.392 e. The second-order valence-corrected chi connectivity index (χ2v) is 4.87. The molecule has 1 aromatic carbocycles. The molecule has 0 bridgehead atoms. The highest BCUT2D eigenvalue weighted by Crippen LogP contribution is 2.18. The van der Waals surface area contributed by atoms with Crippen molar-refractivity contribution in [1.29, 1.82) is 0 Å². The number of carbonyl (C=O) groups is 1. The first kappa shape index (κ1) is 15.0. The summed E-state index contributed by atoms with van der Waals surface area (Å²) in [5.41, 5.74) is 6.74. The highest BCUT2D eigenvalue weighted by molar-refractivity contribution is 5.98. The van der Waals surface area contributed by atoms with E-state index in [1.807, 2.05) is 0 Å². The van der Waals surface area contributed by atoms with Gasteiger partial charge in [-0.15, -0.1) is 0 Å². The van der Waals surface area contributed by atoms with Crippen molar-refractivity contribution >= 4 is 11.7 Å². The zero-order valence-electron chi connectivity index (χ0n) is 11.8. The van der Waals surface area contributed by atoms with E-state index in [4.69, 9.17) is 5.73 Å². The Hall–Kier alpha value is -2.41. The van der Waals surface area contributed by atoms with Crippen molar-refractivity contribution in [3.05, 3.63) is 41.8 Å². The van der Waals surface area contributed by atoms with Crippen molar-refractivity contribution in [1.82, 2.24) is 14.7 Å². The molecule has 0 spiro atoms. The van der Waals surface area contributed by atoms with E-state index < -0.39 is 6.10 Å². The lowest BCUT2D eigenvalue weighted by atomic mass is 10.2. The Morgan fingerprint density at radius 1 is 1.48 bits per heavy atom. The number of nitrogens with two attached hydrogens (primary N) is 1. The summed E-state index contributed by atoms with van der Waals surface area (Å²) in [6.45, 7) is 1.79.